The lowest BCUT2D eigenvalue weighted by Crippen LogP contribution is -2.15. The van der Waals surface area contributed by atoms with E-state index in [1.54, 1.807) is 0 Å². The topological polar surface area (TPSA) is 92.7 Å². The average molecular weight is 357 g/mol. The molecule has 0 fully saturated rings. The minimum Gasteiger partial charge on any atom is -0.505 e. The largest absolute Gasteiger partial charge is 0.505 e. The van der Waals surface area contributed by atoms with E-state index in [9.17, 15) is 27.1 Å². The Morgan fingerprint density at radius 1 is 1.17 bits per heavy atom. The second-order valence-electron chi connectivity index (χ2n) is 4.86. The van der Waals surface area contributed by atoms with E-state index in [-0.39, 0.29) is 11.3 Å². The van der Waals surface area contributed by atoms with Crippen molar-refractivity contribution in [2.45, 2.75) is 11.8 Å². The Kier molecular flexibility index (Phi) is 4.74. The maximum atomic E-state index is 13.2. The van der Waals surface area contributed by atoms with Gasteiger partial charge in [0.05, 0.1) is 17.7 Å². The number of hydrogen-bond acceptors (Lipinski definition) is 5. The van der Waals surface area contributed by atoms with Gasteiger partial charge in [-0.05, 0) is 30.7 Å². The lowest BCUT2D eigenvalue weighted by atomic mass is 10.1. The summed E-state index contributed by atoms with van der Waals surface area (Å²) >= 11 is 0. The first-order valence-corrected chi connectivity index (χ1v) is 8.04. The number of sulfonamides is 1. The number of aryl methyl sites for hydroxylation is 1. The van der Waals surface area contributed by atoms with Crippen LogP contribution in [0.25, 0.3) is 0 Å². The van der Waals surface area contributed by atoms with Gasteiger partial charge in [0.25, 0.3) is 10.0 Å². The Bertz CT molecular complexity index is 892. The first-order valence-electron chi connectivity index (χ1n) is 6.55. The lowest BCUT2D eigenvalue weighted by molar-refractivity contribution is 0.0597. The molecule has 24 heavy (non-hydrogen) atoms. The Hall–Kier alpha value is -2.68. The minimum absolute atomic E-state index is 0.258. The highest BCUT2D eigenvalue weighted by molar-refractivity contribution is 7.92. The van der Waals surface area contributed by atoms with Gasteiger partial charge in [-0.2, -0.15) is 0 Å². The van der Waals surface area contributed by atoms with Gasteiger partial charge in [-0.3, -0.25) is 4.72 Å². The summed E-state index contributed by atoms with van der Waals surface area (Å²) < 4.78 is 57.5. The molecule has 0 aliphatic heterocycles. The first kappa shape index (κ1) is 17.7. The van der Waals surface area contributed by atoms with Gasteiger partial charge in [0, 0.05) is 6.07 Å². The molecule has 0 aromatic heterocycles. The number of phenols is 1. The zero-order valence-corrected chi connectivity index (χ0v) is 13.4. The van der Waals surface area contributed by atoms with Crippen LogP contribution < -0.4 is 4.72 Å². The van der Waals surface area contributed by atoms with Crippen molar-refractivity contribution >= 4 is 21.7 Å². The van der Waals surface area contributed by atoms with Crippen molar-refractivity contribution < 1.29 is 31.8 Å². The van der Waals surface area contributed by atoms with Gasteiger partial charge in [-0.15, -0.1) is 0 Å². The molecule has 0 bridgehead atoms. The van der Waals surface area contributed by atoms with Crippen molar-refractivity contribution in [3.63, 3.8) is 0 Å². The molecule has 2 rings (SSSR count). The molecule has 0 amide bonds. The third-order valence-electron chi connectivity index (χ3n) is 3.17. The third kappa shape index (κ3) is 3.46. The second kappa shape index (κ2) is 6.44. The van der Waals surface area contributed by atoms with Crippen molar-refractivity contribution in [2.24, 2.45) is 0 Å². The molecule has 0 saturated heterocycles. The summed E-state index contributed by atoms with van der Waals surface area (Å²) in [6.45, 7) is 1.48. The fourth-order valence-corrected chi connectivity index (χ4v) is 3.15. The maximum Gasteiger partial charge on any atom is 0.341 e. The standard InChI is InChI=1S/C15H13F2NO5S/c1-8-3-4-12(15(20)23-2)14(19)13(8)18-24(21,22)11-6-9(16)5-10(17)7-11/h3-7,18-19H,1-2H3. The van der Waals surface area contributed by atoms with Crippen LogP contribution >= 0.6 is 0 Å². The van der Waals surface area contributed by atoms with Crippen molar-refractivity contribution in [3.05, 3.63) is 53.1 Å². The second-order valence-corrected chi connectivity index (χ2v) is 6.54. The maximum absolute atomic E-state index is 13.2. The van der Waals surface area contributed by atoms with Gasteiger partial charge in [-0.25, -0.2) is 22.0 Å². The number of hydrogen-bond donors (Lipinski definition) is 2. The van der Waals surface area contributed by atoms with Crippen LogP contribution in [0.2, 0.25) is 0 Å². The molecule has 0 heterocycles. The summed E-state index contributed by atoms with van der Waals surface area (Å²) in [6.07, 6.45) is 0. The molecule has 0 saturated carbocycles. The first-order chi connectivity index (χ1) is 11.2. The number of carbonyl (C=O) groups is 1. The van der Waals surface area contributed by atoms with Crippen LogP contribution in [0.15, 0.2) is 35.2 Å². The molecular formula is C15H13F2NO5S. The number of phenolic OH excluding ortho intramolecular Hbond substituents is 1. The summed E-state index contributed by atoms with van der Waals surface area (Å²) in [4.78, 5) is 10.9. The normalized spacial score (nSPS) is 11.2. The Labute approximate surface area is 136 Å². The number of benzene rings is 2. The summed E-state index contributed by atoms with van der Waals surface area (Å²) in [6, 6.07) is 4.43. The van der Waals surface area contributed by atoms with E-state index in [1.165, 1.54) is 19.1 Å². The number of halogens is 2. The number of carbonyl (C=O) groups excluding carboxylic acids is 1. The zero-order valence-electron chi connectivity index (χ0n) is 12.6. The van der Waals surface area contributed by atoms with E-state index in [0.29, 0.717) is 23.8 Å². The average Bonchev–Trinajstić information content (AvgIpc) is 2.50. The monoisotopic (exact) mass is 357 g/mol. The molecular weight excluding hydrogens is 344 g/mol. The van der Waals surface area contributed by atoms with E-state index in [4.69, 9.17) is 0 Å². The van der Waals surface area contributed by atoms with Gasteiger partial charge >= 0.3 is 5.97 Å². The molecule has 0 radical (unpaired) electrons. The molecule has 2 aromatic rings. The molecule has 2 aromatic carbocycles. The quantitative estimate of drug-likeness (QED) is 0.648. The molecule has 9 heteroatoms. The van der Waals surface area contributed by atoms with Crippen molar-refractivity contribution in [1.82, 2.24) is 0 Å². The highest BCUT2D eigenvalue weighted by atomic mass is 32.2. The van der Waals surface area contributed by atoms with E-state index >= 15 is 0 Å². The predicted octanol–water partition coefficient (Wildman–Crippen LogP) is 2.57. The Morgan fingerprint density at radius 3 is 2.29 bits per heavy atom. The zero-order chi connectivity index (χ0) is 18.1. The van der Waals surface area contributed by atoms with Crippen LogP contribution in [0.3, 0.4) is 0 Å². The minimum atomic E-state index is -4.39. The fourth-order valence-electron chi connectivity index (χ4n) is 1.97. The molecule has 0 atom stereocenters. The molecule has 0 spiro atoms. The number of methoxy groups -OCH3 is 1. The smallest absolute Gasteiger partial charge is 0.341 e. The fraction of sp³-hybridized carbons (Fsp3) is 0.133. The Morgan fingerprint density at radius 2 is 1.75 bits per heavy atom. The van der Waals surface area contributed by atoms with Gasteiger partial charge in [0.15, 0.2) is 5.75 Å². The third-order valence-corrected chi connectivity index (χ3v) is 4.50. The van der Waals surface area contributed by atoms with Crippen molar-refractivity contribution in [1.29, 1.82) is 0 Å². The summed E-state index contributed by atoms with van der Waals surface area (Å²) in [5, 5.41) is 10.1. The van der Waals surface area contributed by atoms with Crippen LogP contribution in [0.4, 0.5) is 14.5 Å². The van der Waals surface area contributed by atoms with Gasteiger partial charge in [-0.1, -0.05) is 6.07 Å². The highest BCUT2D eigenvalue weighted by Gasteiger charge is 2.23. The number of ether oxygens (including phenoxy) is 1. The van der Waals surface area contributed by atoms with Gasteiger partial charge < -0.3 is 9.84 Å². The van der Waals surface area contributed by atoms with Crippen LogP contribution in [-0.4, -0.2) is 26.6 Å². The van der Waals surface area contributed by atoms with E-state index in [0.717, 1.165) is 7.11 Å². The molecule has 0 unspecified atom stereocenters. The molecule has 2 N–H and O–H groups in total. The van der Waals surface area contributed by atoms with Crippen LogP contribution in [0.1, 0.15) is 15.9 Å². The number of nitrogens with one attached hydrogen (secondary N) is 1. The molecule has 0 aliphatic carbocycles. The number of esters is 1. The van der Waals surface area contributed by atoms with Crippen molar-refractivity contribution in [3.8, 4) is 5.75 Å². The molecule has 128 valence electrons. The van der Waals surface area contributed by atoms with Crippen LogP contribution in [0, 0.1) is 18.6 Å². The molecule has 0 aliphatic rings. The Balaban J connectivity index is 2.52. The lowest BCUT2D eigenvalue weighted by Gasteiger charge is -2.14. The number of aromatic hydroxyl groups is 1. The van der Waals surface area contributed by atoms with Gasteiger partial charge in [0.1, 0.15) is 17.2 Å². The van der Waals surface area contributed by atoms with Crippen molar-refractivity contribution in [2.75, 3.05) is 11.8 Å². The predicted molar refractivity (Wildman–Crippen MR) is 81.3 cm³/mol. The summed E-state index contributed by atoms with van der Waals surface area (Å²) in [7, 11) is -3.30. The molecule has 6 nitrogen and oxygen atoms in total. The summed E-state index contributed by atoms with van der Waals surface area (Å²) in [5.74, 6) is -3.66. The SMILES string of the molecule is COC(=O)c1ccc(C)c(NS(=O)(=O)c2cc(F)cc(F)c2)c1O. The van der Waals surface area contributed by atoms with E-state index in [1.807, 2.05) is 4.72 Å². The number of anilines is 1. The highest BCUT2D eigenvalue weighted by Crippen LogP contribution is 2.33. The van der Waals surface area contributed by atoms with Crippen LogP contribution in [-0.2, 0) is 14.8 Å². The van der Waals surface area contributed by atoms with E-state index in [2.05, 4.69) is 4.74 Å². The summed E-state index contributed by atoms with van der Waals surface area (Å²) in [5.41, 5.74) is -0.255. The van der Waals surface area contributed by atoms with Crippen LogP contribution in [0.5, 0.6) is 5.75 Å². The van der Waals surface area contributed by atoms with E-state index < -0.39 is 38.3 Å². The number of rotatable bonds is 4. The van der Waals surface area contributed by atoms with Gasteiger partial charge in [0.2, 0.25) is 0 Å².